The van der Waals surface area contributed by atoms with Gasteiger partial charge in [0, 0.05) is 12.0 Å². The van der Waals surface area contributed by atoms with E-state index < -0.39 is 0 Å². The highest BCUT2D eigenvalue weighted by atomic mass is 16.5. The largest absolute Gasteiger partial charge is 0.497 e. The van der Waals surface area contributed by atoms with Gasteiger partial charge in [0.15, 0.2) is 5.82 Å². The van der Waals surface area contributed by atoms with Crippen molar-refractivity contribution in [3.8, 4) is 5.75 Å². The molecule has 0 radical (unpaired) electrons. The molecule has 1 aromatic heterocycles. The Hall–Kier alpha value is -1.88. The van der Waals surface area contributed by atoms with Crippen LogP contribution >= 0.6 is 0 Å². The molecule has 0 atom stereocenters. The lowest BCUT2D eigenvalue weighted by Crippen LogP contribution is -2.35. The van der Waals surface area contributed by atoms with Crippen LogP contribution in [0.25, 0.3) is 0 Å². The zero-order valence-corrected chi connectivity index (χ0v) is 12.4. The van der Waals surface area contributed by atoms with Crippen molar-refractivity contribution in [2.24, 2.45) is 0 Å². The number of benzene rings is 1. The number of nitrogens with one attached hydrogen (secondary N) is 1. The van der Waals surface area contributed by atoms with E-state index >= 15 is 0 Å². The van der Waals surface area contributed by atoms with Crippen LogP contribution in [0.3, 0.4) is 0 Å². The first-order chi connectivity index (χ1) is 9.46. The van der Waals surface area contributed by atoms with Crippen molar-refractivity contribution in [3.05, 3.63) is 41.5 Å². The normalized spacial score (nSPS) is 11.6. The predicted molar refractivity (Wildman–Crippen MR) is 76.7 cm³/mol. The molecule has 0 unspecified atom stereocenters. The molecule has 5 heteroatoms. The van der Waals surface area contributed by atoms with Gasteiger partial charge in [-0.05, 0) is 38.5 Å². The van der Waals surface area contributed by atoms with Crippen LogP contribution in [0.4, 0.5) is 0 Å². The summed E-state index contributed by atoms with van der Waals surface area (Å²) in [6, 6.07) is 7.87. The molecule has 0 saturated heterocycles. The van der Waals surface area contributed by atoms with Crippen LogP contribution in [0, 0.1) is 0 Å². The van der Waals surface area contributed by atoms with Gasteiger partial charge in [-0.1, -0.05) is 17.3 Å². The second-order valence-electron chi connectivity index (χ2n) is 5.74. The number of rotatable bonds is 5. The molecule has 5 nitrogen and oxygen atoms in total. The van der Waals surface area contributed by atoms with E-state index in [1.807, 2.05) is 24.3 Å². The highest BCUT2D eigenvalue weighted by Gasteiger charge is 2.12. The Morgan fingerprint density at radius 2 is 2.10 bits per heavy atom. The summed E-state index contributed by atoms with van der Waals surface area (Å²) in [6.45, 7) is 6.87. The number of nitrogens with zero attached hydrogens (tertiary/aromatic N) is 2. The van der Waals surface area contributed by atoms with Gasteiger partial charge in [0.25, 0.3) is 0 Å². The average molecular weight is 275 g/mol. The lowest BCUT2D eigenvalue weighted by molar-refractivity contribution is 0.334. The Bertz CT molecular complexity index is 558. The van der Waals surface area contributed by atoms with Crippen LogP contribution < -0.4 is 10.1 Å². The van der Waals surface area contributed by atoms with Crippen molar-refractivity contribution in [3.63, 3.8) is 0 Å². The van der Waals surface area contributed by atoms with Crippen LogP contribution in [0.2, 0.25) is 0 Å². The van der Waals surface area contributed by atoms with Gasteiger partial charge in [-0.2, -0.15) is 4.98 Å². The van der Waals surface area contributed by atoms with Gasteiger partial charge in [-0.15, -0.1) is 0 Å². The molecule has 2 rings (SSSR count). The smallest absolute Gasteiger partial charge is 0.240 e. The molecule has 0 amide bonds. The summed E-state index contributed by atoms with van der Waals surface area (Å²) < 4.78 is 10.4. The fourth-order valence-corrected chi connectivity index (χ4v) is 1.74. The maximum atomic E-state index is 5.23. The highest BCUT2D eigenvalue weighted by Crippen LogP contribution is 2.15. The number of methoxy groups -OCH3 is 1. The van der Waals surface area contributed by atoms with Crippen LogP contribution in [0.1, 0.15) is 38.0 Å². The second kappa shape index (κ2) is 6.05. The van der Waals surface area contributed by atoms with Crippen molar-refractivity contribution in [2.75, 3.05) is 7.11 Å². The summed E-state index contributed by atoms with van der Waals surface area (Å²) >= 11 is 0. The van der Waals surface area contributed by atoms with E-state index in [9.17, 15) is 0 Å². The predicted octanol–water partition coefficient (Wildman–Crippen LogP) is 2.56. The molecular weight excluding hydrogens is 254 g/mol. The Morgan fingerprint density at radius 1 is 1.30 bits per heavy atom. The zero-order chi connectivity index (χ0) is 14.6. The van der Waals surface area contributed by atoms with Crippen molar-refractivity contribution < 1.29 is 9.26 Å². The molecule has 0 bridgehead atoms. The Kier molecular flexibility index (Phi) is 4.39. The summed E-state index contributed by atoms with van der Waals surface area (Å²) in [6.07, 6.45) is 0.635. The van der Waals surface area contributed by atoms with E-state index in [-0.39, 0.29) is 5.54 Å². The van der Waals surface area contributed by atoms with Crippen LogP contribution in [-0.2, 0) is 13.0 Å². The van der Waals surface area contributed by atoms with E-state index in [2.05, 4.69) is 36.2 Å². The highest BCUT2D eigenvalue weighted by molar-refractivity contribution is 5.30. The zero-order valence-electron chi connectivity index (χ0n) is 12.4. The van der Waals surface area contributed by atoms with Gasteiger partial charge >= 0.3 is 0 Å². The quantitative estimate of drug-likeness (QED) is 0.908. The van der Waals surface area contributed by atoms with E-state index in [1.54, 1.807) is 7.11 Å². The molecule has 0 fully saturated rings. The molecular formula is C15H21N3O2. The molecule has 0 aliphatic heterocycles. The third kappa shape index (κ3) is 4.35. The summed E-state index contributed by atoms with van der Waals surface area (Å²) in [4.78, 5) is 4.38. The summed E-state index contributed by atoms with van der Waals surface area (Å²) in [7, 11) is 1.66. The minimum absolute atomic E-state index is 0.0292. The second-order valence-corrected chi connectivity index (χ2v) is 5.74. The third-order valence-corrected chi connectivity index (χ3v) is 2.78. The van der Waals surface area contributed by atoms with Gasteiger partial charge in [0.2, 0.25) is 5.89 Å². The first kappa shape index (κ1) is 14.5. The minimum Gasteiger partial charge on any atom is -0.497 e. The lowest BCUT2D eigenvalue weighted by atomic mass is 10.1. The monoisotopic (exact) mass is 275 g/mol. The van der Waals surface area contributed by atoms with E-state index in [4.69, 9.17) is 9.26 Å². The molecule has 2 aromatic rings. The molecule has 0 aliphatic rings. The summed E-state index contributed by atoms with van der Waals surface area (Å²) in [5.74, 6) is 2.13. The first-order valence-corrected chi connectivity index (χ1v) is 6.66. The number of ether oxygens (including phenoxy) is 1. The third-order valence-electron chi connectivity index (χ3n) is 2.78. The molecule has 0 spiro atoms. The van der Waals surface area contributed by atoms with Crippen molar-refractivity contribution >= 4 is 0 Å². The van der Waals surface area contributed by atoms with E-state index in [0.29, 0.717) is 24.7 Å². The standard InChI is InChI=1S/C15H21N3O2/c1-15(2,3)16-10-14-17-13(18-20-14)9-11-6-5-7-12(8-11)19-4/h5-8,16H,9-10H2,1-4H3. The number of aromatic nitrogens is 2. The summed E-state index contributed by atoms with van der Waals surface area (Å²) in [5, 5.41) is 7.32. The maximum absolute atomic E-state index is 5.23. The van der Waals surface area contributed by atoms with Crippen molar-refractivity contribution in [1.29, 1.82) is 0 Å². The molecule has 0 aliphatic carbocycles. The van der Waals surface area contributed by atoms with E-state index in [1.165, 1.54) is 0 Å². The fourth-order valence-electron chi connectivity index (χ4n) is 1.74. The lowest BCUT2D eigenvalue weighted by Gasteiger charge is -2.18. The van der Waals surface area contributed by atoms with Crippen LogP contribution in [-0.4, -0.2) is 22.8 Å². The maximum Gasteiger partial charge on any atom is 0.240 e. The number of hydrogen-bond acceptors (Lipinski definition) is 5. The fraction of sp³-hybridized carbons (Fsp3) is 0.467. The van der Waals surface area contributed by atoms with Gasteiger partial charge in [-0.25, -0.2) is 0 Å². The molecule has 0 saturated carbocycles. The molecule has 1 aromatic carbocycles. The topological polar surface area (TPSA) is 60.2 Å². The van der Waals surface area contributed by atoms with Gasteiger partial charge in [-0.3, -0.25) is 0 Å². The van der Waals surface area contributed by atoms with Crippen LogP contribution in [0.15, 0.2) is 28.8 Å². The Balaban J connectivity index is 1.98. The minimum atomic E-state index is 0.0292. The Morgan fingerprint density at radius 3 is 2.80 bits per heavy atom. The van der Waals surface area contributed by atoms with Crippen molar-refractivity contribution in [2.45, 2.75) is 39.3 Å². The summed E-state index contributed by atoms with van der Waals surface area (Å²) in [5.41, 5.74) is 1.13. The molecule has 108 valence electrons. The van der Waals surface area contributed by atoms with Gasteiger partial charge < -0.3 is 14.6 Å². The molecule has 1 N–H and O–H groups in total. The van der Waals surface area contributed by atoms with Gasteiger partial charge in [0.05, 0.1) is 13.7 Å². The van der Waals surface area contributed by atoms with E-state index in [0.717, 1.165) is 11.3 Å². The Labute approximate surface area is 119 Å². The molecule has 1 heterocycles. The molecule has 20 heavy (non-hydrogen) atoms. The van der Waals surface area contributed by atoms with Crippen LogP contribution in [0.5, 0.6) is 5.75 Å². The first-order valence-electron chi connectivity index (χ1n) is 6.66. The average Bonchev–Trinajstić information content (AvgIpc) is 2.83. The number of hydrogen-bond donors (Lipinski definition) is 1. The SMILES string of the molecule is COc1cccc(Cc2noc(CNC(C)(C)C)n2)c1. The van der Waals surface area contributed by atoms with Crippen molar-refractivity contribution in [1.82, 2.24) is 15.5 Å². The van der Waals surface area contributed by atoms with Gasteiger partial charge in [0.1, 0.15) is 5.75 Å².